The molecule has 2 aromatic rings. The van der Waals surface area contributed by atoms with E-state index in [0.717, 1.165) is 27.7 Å². The fourth-order valence-corrected chi connectivity index (χ4v) is 3.13. The van der Waals surface area contributed by atoms with E-state index >= 15 is 0 Å². The van der Waals surface area contributed by atoms with Crippen molar-refractivity contribution in [3.63, 3.8) is 0 Å². The number of hydrogen-bond acceptors (Lipinski definition) is 3. The summed E-state index contributed by atoms with van der Waals surface area (Å²) in [6.45, 7) is 6.62. The van der Waals surface area contributed by atoms with Crippen LogP contribution in [0.25, 0.3) is 0 Å². The summed E-state index contributed by atoms with van der Waals surface area (Å²) < 4.78 is 28.6. The molecule has 0 amide bonds. The highest BCUT2D eigenvalue weighted by Gasteiger charge is 2.16. The van der Waals surface area contributed by atoms with Crippen LogP contribution in [0.5, 0.6) is 0 Å². The molecule has 2 aromatic heterocycles. The number of nitrogens with zero attached hydrogens (tertiary/aromatic N) is 4. The Hall–Kier alpha value is -1.37. The SMILES string of the molecule is Cc1nc(SCc2nccn2C(F)F)n(CC(C)C)c1C. The largest absolute Gasteiger partial charge is 0.323 e. The molecule has 21 heavy (non-hydrogen) atoms. The van der Waals surface area contributed by atoms with Gasteiger partial charge in [-0.3, -0.25) is 4.57 Å². The Morgan fingerprint density at radius 1 is 1.29 bits per heavy atom. The first kappa shape index (κ1) is 16.0. The highest BCUT2D eigenvalue weighted by Crippen LogP contribution is 2.26. The van der Waals surface area contributed by atoms with E-state index in [4.69, 9.17) is 0 Å². The van der Waals surface area contributed by atoms with E-state index in [1.54, 1.807) is 0 Å². The molecule has 0 aliphatic rings. The van der Waals surface area contributed by atoms with Crippen LogP contribution in [0.4, 0.5) is 8.78 Å². The van der Waals surface area contributed by atoms with Gasteiger partial charge in [0.05, 0.1) is 11.4 Å². The Morgan fingerprint density at radius 3 is 2.62 bits per heavy atom. The van der Waals surface area contributed by atoms with Crippen molar-refractivity contribution < 1.29 is 8.78 Å². The van der Waals surface area contributed by atoms with Gasteiger partial charge >= 0.3 is 6.55 Å². The molecule has 0 unspecified atom stereocenters. The van der Waals surface area contributed by atoms with E-state index in [0.29, 0.717) is 17.5 Å². The van der Waals surface area contributed by atoms with Crippen molar-refractivity contribution in [3.05, 3.63) is 29.6 Å². The van der Waals surface area contributed by atoms with Gasteiger partial charge in [0.2, 0.25) is 0 Å². The van der Waals surface area contributed by atoms with Gasteiger partial charge in [-0.1, -0.05) is 25.6 Å². The lowest BCUT2D eigenvalue weighted by atomic mass is 10.2. The monoisotopic (exact) mass is 314 g/mol. The molecule has 2 rings (SSSR count). The molecule has 2 heterocycles. The van der Waals surface area contributed by atoms with Crippen LogP contribution < -0.4 is 0 Å². The number of alkyl halides is 2. The molecule has 4 nitrogen and oxygen atoms in total. The Bertz CT molecular complexity index is 604. The molecule has 0 bridgehead atoms. The molecule has 0 fully saturated rings. The second-order valence-electron chi connectivity index (χ2n) is 5.39. The van der Waals surface area contributed by atoms with E-state index in [9.17, 15) is 8.78 Å². The molecule has 0 saturated heterocycles. The summed E-state index contributed by atoms with van der Waals surface area (Å²) in [5.41, 5.74) is 2.11. The molecule has 0 radical (unpaired) electrons. The minimum atomic E-state index is -2.55. The summed E-state index contributed by atoms with van der Waals surface area (Å²) in [6.07, 6.45) is 2.71. The molecule has 0 aliphatic heterocycles. The lowest BCUT2D eigenvalue weighted by molar-refractivity contribution is 0.0678. The maximum Gasteiger partial charge on any atom is 0.319 e. The molecule has 0 spiro atoms. The van der Waals surface area contributed by atoms with Crippen molar-refractivity contribution >= 4 is 11.8 Å². The smallest absolute Gasteiger partial charge is 0.319 e. The number of hydrogen-bond donors (Lipinski definition) is 0. The maximum absolute atomic E-state index is 12.8. The Labute approximate surface area is 127 Å². The highest BCUT2D eigenvalue weighted by molar-refractivity contribution is 7.98. The first-order chi connectivity index (χ1) is 9.90. The summed E-state index contributed by atoms with van der Waals surface area (Å²) >= 11 is 1.45. The van der Waals surface area contributed by atoms with Gasteiger partial charge in [0, 0.05) is 24.6 Å². The quantitative estimate of drug-likeness (QED) is 0.755. The standard InChI is InChI=1S/C14H20F2N4S/c1-9(2)7-20-11(4)10(3)18-14(20)21-8-12-17-5-6-19(12)13(15)16/h5-6,9,13H,7-8H2,1-4H3. The normalized spacial score (nSPS) is 11.8. The minimum Gasteiger partial charge on any atom is -0.323 e. The van der Waals surface area contributed by atoms with Crippen molar-refractivity contribution in [2.24, 2.45) is 5.92 Å². The number of aromatic nitrogens is 4. The van der Waals surface area contributed by atoms with Crippen LogP contribution in [0.3, 0.4) is 0 Å². The second-order valence-corrected chi connectivity index (χ2v) is 6.33. The molecule has 116 valence electrons. The van der Waals surface area contributed by atoms with Gasteiger partial charge in [0.25, 0.3) is 0 Å². The van der Waals surface area contributed by atoms with Crippen molar-refractivity contribution in [2.75, 3.05) is 0 Å². The van der Waals surface area contributed by atoms with Gasteiger partial charge in [-0.05, 0) is 19.8 Å². The molecule has 0 atom stereocenters. The number of imidazole rings is 2. The van der Waals surface area contributed by atoms with Crippen LogP contribution in [0.1, 0.15) is 37.6 Å². The summed E-state index contributed by atoms with van der Waals surface area (Å²) in [6, 6.07) is 0. The third-order valence-electron chi connectivity index (χ3n) is 3.26. The number of halogens is 2. The van der Waals surface area contributed by atoms with E-state index in [1.807, 2.05) is 13.8 Å². The summed E-state index contributed by atoms with van der Waals surface area (Å²) in [5, 5.41) is 0.863. The van der Waals surface area contributed by atoms with E-state index < -0.39 is 6.55 Å². The fraction of sp³-hybridized carbons (Fsp3) is 0.571. The van der Waals surface area contributed by atoms with E-state index in [2.05, 4.69) is 28.4 Å². The highest BCUT2D eigenvalue weighted by atomic mass is 32.2. The molecule has 0 aliphatic carbocycles. The maximum atomic E-state index is 12.8. The van der Waals surface area contributed by atoms with E-state index in [1.165, 1.54) is 24.2 Å². The van der Waals surface area contributed by atoms with Crippen LogP contribution in [-0.2, 0) is 12.3 Å². The Kier molecular flexibility index (Phi) is 5.03. The first-order valence-corrected chi connectivity index (χ1v) is 7.85. The average Bonchev–Trinajstić information content (AvgIpc) is 2.96. The van der Waals surface area contributed by atoms with Gasteiger partial charge in [0.1, 0.15) is 5.82 Å². The van der Waals surface area contributed by atoms with Gasteiger partial charge in [-0.2, -0.15) is 8.78 Å². The molecular formula is C14H20F2N4S. The zero-order valence-electron chi connectivity index (χ0n) is 12.7. The lowest BCUT2D eigenvalue weighted by Crippen LogP contribution is -2.08. The van der Waals surface area contributed by atoms with Gasteiger partial charge in [-0.15, -0.1) is 0 Å². The Balaban J connectivity index is 2.16. The lowest BCUT2D eigenvalue weighted by Gasteiger charge is -2.12. The molecule has 0 saturated carbocycles. The Morgan fingerprint density at radius 2 is 2.00 bits per heavy atom. The molecule has 0 N–H and O–H groups in total. The third-order valence-corrected chi connectivity index (χ3v) is 4.23. The van der Waals surface area contributed by atoms with Crippen LogP contribution >= 0.6 is 11.8 Å². The fourth-order valence-electron chi connectivity index (χ4n) is 2.08. The van der Waals surface area contributed by atoms with Crippen molar-refractivity contribution in [2.45, 2.75) is 51.7 Å². The zero-order valence-corrected chi connectivity index (χ0v) is 13.5. The van der Waals surface area contributed by atoms with Crippen LogP contribution in [0.2, 0.25) is 0 Å². The zero-order chi connectivity index (χ0) is 15.6. The number of rotatable bonds is 6. The average molecular weight is 314 g/mol. The molecule has 7 heteroatoms. The summed E-state index contributed by atoms with van der Waals surface area (Å²) in [5.74, 6) is 1.25. The second kappa shape index (κ2) is 6.60. The van der Waals surface area contributed by atoms with Crippen LogP contribution in [0, 0.1) is 19.8 Å². The van der Waals surface area contributed by atoms with Gasteiger partial charge in [0.15, 0.2) is 5.16 Å². The predicted octanol–water partition coefficient (Wildman–Crippen LogP) is 4.04. The first-order valence-electron chi connectivity index (χ1n) is 6.86. The minimum absolute atomic E-state index is 0.365. The van der Waals surface area contributed by atoms with Crippen molar-refractivity contribution in [3.8, 4) is 0 Å². The van der Waals surface area contributed by atoms with Crippen molar-refractivity contribution in [1.29, 1.82) is 0 Å². The topological polar surface area (TPSA) is 35.6 Å². The van der Waals surface area contributed by atoms with Crippen LogP contribution in [-0.4, -0.2) is 19.1 Å². The van der Waals surface area contributed by atoms with Crippen LogP contribution in [0.15, 0.2) is 17.6 Å². The summed E-state index contributed by atoms with van der Waals surface area (Å²) in [4.78, 5) is 8.54. The van der Waals surface area contributed by atoms with Gasteiger partial charge < -0.3 is 4.57 Å². The predicted molar refractivity (Wildman–Crippen MR) is 79.6 cm³/mol. The third kappa shape index (κ3) is 3.64. The number of thioether (sulfide) groups is 1. The van der Waals surface area contributed by atoms with E-state index in [-0.39, 0.29) is 0 Å². The molecular weight excluding hydrogens is 294 g/mol. The van der Waals surface area contributed by atoms with Crippen molar-refractivity contribution in [1.82, 2.24) is 19.1 Å². The number of aryl methyl sites for hydroxylation is 1. The summed E-state index contributed by atoms with van der Waals surface area (Å²) in [7, 11) is 0. The van der Waals surface area contributed by atoms with Gasteiger partial charge in [-0.25, -0.2) is 9.97 Å². The molecule has 0 aromatic carbocycles.